The molecule has 0 saturated carbocycles. The van der Waals surface area contributed by atoms with Crippen molar-refractivity contribution in [2.75, 3.05) is 33.4 Å². The molecule has 2 heterocycles. The number of ether oxygens (including phenoxy) is 3. The van der Waals surface area contributed by atoms with Gasteiger partial charge in [0.2, 0.25) is 0 Å². The topological polar surface area (TPSA) is 78.2 Å². The smallest absolute Gasteiger partial charge is 0.349 e. The van der Waals surface area contributed by atoms with Gasteiger partial charge in [0.1, 0.15) is 12.2 Å². The average Bonchev–Trinajstić information content (AvgIpc) is 2.70. The molecular weight excluding hydrogens is 362 g/mol. The number of para-hydroxylation sites is 2. The van der Waals surface area contributed by atoms with Gasteiger partial charge in [0.25, 0.3) is 5.91 Å². The molecule has 2 aromatic rings. The maximum Gasteiger partial charge on any atom is 0.349 e. The van der Waals surface area contributed by atoms with E-state index in [1.54, 1.807) is 31.1 Å². The van der Waals surface area contributed by atoms with E-state index in [0.29, 0.717) is 42.5 Å². The van der Waals surface area contributed by atoms with E-state index in [1.807, 2.05) is 25.1 Å². The summed E-state index contributed by atoms with van der Waals surface area (Å²) in [6.45, 7) is 5.29. The van der Waals surface area contributed by atoms with Gasteiger partial charge in [-0.15, -0.1) is 0 Å². The van der Waals surface area contributed by atoms with Gasteiger partial charge in [0, 0.05) is 20.2 Å². The van der Waals surface area contributed by atoms with Gasteiger partial charge < -0.3 is 23.5 Å². The monoisotopic (exact) mass is 387 g/mol. The quantitative estimate of drug-likeness (QED) is 0.727. The predicted molar refractivity (Wildman–Crippen MR) is 103 cm³/mol. The number of aryl methyl sites for hydroxylation is 1. The van der Waals surface area contributed by atoms with E-state index in [1.165, 1.54) is 0 Å². The van der Waals surface area contributed by atoms with Crippen molar-refractivity contribution >= 4 is 5.91 Å². The molecule has 0 fully saturated rings. The lowest BCUT2D eigenvalue weighted by Crippen LogP contribution is -2.38. The van der Waals surface area contributed by atoms with Gasteiger partial charge in [-0.25, -0.2) is 4.79 Å². The zero-order valence-electron chi connectivity index (χ0n) is 16.4. The van der Waals surface area contributed by atoms with Crippen LogP contribution in [0, 0.1) is 6.92 Å². The van der Waals surface area contributed by atoms with Crippen molar-refractivity contribution in [3.8, 4) is 11.5 Å². The highest BCUT2D eigenvalue weighted by Gasteiger charge is 2.28. The van der Waals surface area contributed by atoms with Crippen LogP contribution in [0.4, 0.5) is 0 Å². The molecule has 1 aliphatic heterocycles. The largest absolute Gasteiger partial charge is 0.485 e. The number of hydrogen-bond donors (Lipinski definition) is 0. The molecule has 1 atom stereocenters. The molecule has 0 N–H and O–H groups in total. The van der Waals surface area contributed by atoms with E-state index in [4.69, 9.17) is 18.6 Å². The Kier molecular flexibility index (Phi) is 6.36. The summed E-state index contributed by atoms with van der Waals surface area (Å²) in [7, 11) is 1.58. The molecule has 0 aliphatic carbocycles. The van der Waals surface area contributed by atoms with Crippen LogP contribution < -0.4 is 15.1 Å². The molecule has 1 unspecified atom stereocenters. The minimum Gasteiger partial charge on any atom is -0.485 e. The van der Waals surface area contributed by atoms with Crippen molar-refractivity contribution in [3.63, 3.8) is 0 Å². The first-order valence-electron chi connectivity index (χ1n) is 9.36. The first kappa shape index (κ1) is 19.9. The molecule has 1 aromatic heterocycles. The highest BCUT2D eigenvalue weighted by Crippen LogP contribution is 2.35. The van der Waals surface area contributed by atoms with Gasteiger partial charge in [0.15, 0.2) is 23.4 Å². The molecule has 1 aromatic carbocycles. The first-order valence-corrected chi connectivity index (χ1v) is 9.36. The number of carbonyl (C=O) groups excluding carboxylic acids is 1. The summed E-state index contributed by atoms with van der Waals surface area (Å²) in [5.74, 6) is 1.24. The van der Waals surface area contributed by atoms with Crippen molar-refractivity contribution in [1.82, 2.24) is 4.90 Å². The standard InChI is InChI=1S/C21H25NO6/c1-4-9-22(10-11-25-3)20(23)19-14(2)12-17(28-21(19)24)18-13-26-15-7-5-6-8-16(15)27-18/h5-8,12,18H,4,9-11,13H2,1-3H3. The number of methoxy groups -OCH3 is 1. The highest BCUT2D eigenvalue weighted by molar-refractivity contribution is 5.95. The third-order valence-electron chi connectivity index (χ3n) is 4.55. The predicted octanol–water partition coefficient (Wildman–Crippen LogP) is 2.96. The number of fused-ring (bicyclic) bond motifs is 1. The summed E-state index contributed by atoms with van der Waals surface area (Å²) < 4.78 is 22.1. The van der Waals surface area contributed by atoms with Gasteiger partial charge in [-0.2, -0.15) is 0 Å². The number of amides is 1. The van der Waals surface area contributed by atoms with Crippen molar-refractivity contribution < 1.29 is 23.4 Å². The van der Waals surface area contributed by atoms with E-state index >= 15 is 0 Å². The number of hydrogen-bond acceptors (Lipinski definition) is 6. The van der Waals surface area contributed by atoms with Crippen molar-refractivity contribution in [2.24, 2.45) is 0 Å². The molecule has 0 radical (unpaired) electrons. The summed E-state index contributed by atoms with van der Waals surface area (Å²) >= 11 is 0. The second-order valence-corrected chi connectivity index (χ2v) is 6.64. The number of benzene rings is 1. The van der Waals surface area contributed by atoms with Gasteiger partial charge in [-0.3, -0.25) is 4.79 Å². The van der Waals surface area contributed by atoms with E-state index in [9.17, 15) is 9.59 Å². The van der Waals surface area contributed by atoms with Crippen LogP contribution in [-0.4, -0.2) is 44.2 Å². The molecule has 1 aliphatic rings. The lowest BCUT2D eigenvalue weighted by atomic mass is 10.1. The lowest BCUT2D eigenvalue weighted by molar-refractivity contribution is 0.0668. The van der Waals surface area contributed by atoms with E-state index in [0.717, 1.165) is 6.42 Å². The fraction of sp³-hybridized carbons (Fsp3) is 0.429. The Morgan fingerprint density at radius 1 is 1.25 bits per heavy atom. The molecule has 28 heavy (non-hydrogen) atoms. The summed E-state index contributed by atoms with van der Waals surface area (Å²) in [6, 6.07) is 8.99. The molecule has 1 amide bonds. The Morgan fingerprint density at radius 2 is 2.00 bits per heavy atom. The van der Waals surface area contributed by atoms with E-state index in [2.05, 4.69) is 0 Å². The van der Waals surface area contributed by atoms with Crippen LogP contribution in [0.5, 0.6) is 11.5 Å². The molecule has 7 nitrogen and oxygen atoms in total. The first-order chi connectivity index (χ1) is 13.5. The molecular formula is C21H25NO6. The highest BCUT2D eigenvalue weighted by atomic mass is 16.6. The zero-order valence-corrected chi connectivity index (χ0v) is 16.4. The summed E-state index contributed by atoms with van der Waals surface area (Å²) in [5.41, 5.74) is -0.0661. The lowest BCUT2D eigenvalue weighted by Gasteiger charge is -2.26. The fourth-order valence-corrected chi connectivity index (χ4v) is 3.15. The zero-order chi connectivity index (χ0) is 20.1. The Hall–Kier alpha value is -2.80. The van der Waals surface area contributed by atoms with Gasteiger partial charge in [0.05, 0.1) is 6.61 Å². The normalized spacial score (nSPS) is 15.3. The van der Waals surface area contributed by atoms with Crippen molar-refractivity contribution in [3.05, 3.63) is 57.6 Å². The number of rotatable bonds is 7. The van der Waals surface area contributed by atoms with Crippen LogP contribution in [0.15, 0.2) is 39.5 Å². The second-order valence-electron chi connectivity index (χ2n) is 6.64. The van der Waals surface area contributed by atoms with Gasteiger partial charge >= 0.3 is 5.63 Å². The minimum absolute atomic E-state index is 0.0467. The van der Waals surface area contributed by atoms with Gasteiger partial charge in [-0.05, 0) is 37.1 Å². The van der Waals surface area contributed by atoms with Gasteiger partial charge in [-0.1, -0.05) is 19.1 Å². The molecule has 7 heteroatoms. The Morgan fingerprint density at radius 3 is 2.68 bits per heavy atom. The number of carbonyl (C=O) groups is 1. The van der Waals surface area contributed by atoms with Crippen molar-refractivity contribution in [1.29, 1.82) is 0 Å². The van der Waals surface area contributed by atoms with Crippen LogP contribution >= 0.6 is 0 Å². The molecule has 150 valence electrons. The Bertz CT molecular complexity index is 891. The molecule has 3 rings (SSSR count). The van der Waals surface area contributed by atoms with Crippen LogP contribution in [-0.2, 0) is 4.74 Å². The Balaban J connectivity index is 1.85. The summed E-state index contributed by atoms with van der Waals surface area (Å²) in [4.78, 5) is 27.1. The van der Waals surface area contributed by atoms with Crippen LogP contribution in [0.1, 0.15) is 41.1 Å². The average molecular weight is 387 g/mol. The second kappa shape index (κ2) is 8.93. The maximum atomic E-state index is 12.9. The van der Waals surface area contributed by atoms with Crippen LogP contribution in [0.2, 0.25) is 0 Å². The third-order valence-corrected chi connectivity index (χ3v) is 4.55. The third kappa shape index (κ3) is 4.20. The molecule has 0 saturated heterocycles. The van der Waals surface area contributed by atoms with Crippen LogP contribution in [0.3, 0.4) is 0 Å². The Labute approximate surface area is 163 Å². The van der Waals surface area contributed by atoms with E-state index < -0.39 is 11.7 Å². The van der Waals surface area contributed by atoms with Crippen molar-refractivity contribution in [2.45, 2.75) is 26.4 Å². The molecule has 0 bridgehead atoms. The SMILES string of the molecule is CCCN(CCOC)C(=O)c1c(C)cc(C2COc3ccccc3O2)oc1=O. The molecule has 0 spiro atoms. The fourth-order valence-electron chi connectivity index (χ4n) is 3.15. The maximum absolute atomic E-state index is 12.9. The van der Waals surface area contributed by atoms with E-state index in [-0.39, 0.29) is 18.1 Å². The number of nitrogens with zero attached hydrogens (tertiary/aromatic N) is 1. The summed E-state index contributed by atoms with van der Waals surface area (Å²) in [5, 5.41) is 0. The van der Waals surface area contributed by atoms with Crippen LogP contribution in [0.25, 0.3) is 0 Å². The summed E-state index contributed by atoms with van der Waals surface area (Å²) in [6.07, 6.45) is 0.232. The minimum atomic E-state index is -0.666.